The van der Waals surface area contributed by atoms with E-state index in [1.54, 1.807) is 0 Å². The second kappa shape index (κ2) is 18.0. The number of carbonyl (C=O) groups is 5. The molecule has 2 heterocycles. The van der Waals surface area contributed by atoms with Crippen molar-refractivity contribution >= 4 is 40.8 Å². The van der Waals surface area contributed by atoms with E-state index < -0.39 is 78.5 Å². The van der Waals surface area contributed by atoms with E-state index in [-0.39, 0.29) is 23.7 Å². The molecule has 0 amide bonds. The van der Waals surface area contributed by atoms with Gasteiger partial charge in [-0.2, -0.15) is 0 Å². The molecule has 0 unspecified atom stereocenters. The van der Waals surface area contributed by atoms with Crippen molar-refractivity contribution in [3.8, 4) is 17.2 Å². The predicted octanol–water partition coefficient (Wildman–Crippen LogP) is 3.92. The molecule has 0 bridgehead atoms. The number of rotatable bonds is 16. The summed E-state index contributed by atoms with van der Waals surface area (Å²) in [6.07, 6.45) is -1.01. The maximum Gasteiger partial charge on any atom is 0.383 e. The van der Waals surface area contributed by atoms with Crippen LogP contribution in [0.25, 0.3) is 11.0 Å². The van der Waals surface area contributed by atoms with E-state index in [2.05, 4.69) is 6.92 Å². The van der Waals surface area contributed by atoms with Gasteiger partial charge in [-0.15, -0.1) is 0 Å². The van der Waals surface area contributed by atoms with E-state index in [4.69, 9.17) is 42.3 Å². The van der Waals surface area contributed by atoms with Crippen molar-refractivity contribution in [1.82, 2.24) is 0 Å². The van der Waals surface area contributed by atoms with Crippen molar-refractivity contribution in [2.45, 2.75) is 111 Å². The second-order valence-corrected chi connectivity index (χ2v) is 11.1. The van der Waals surface area contributed by atoms with Crippen LogP contribution in [-0.4, -0.2) is 73.8 Å². The highest BCUT2D eigenvalue weighted by Gasteiger charge is 2.53. The summed E-state index contributed by atoms with van der Waals surface area (Å²) in [5, 5.41) is 0.297. The summed E-state index contributed by atoms with van der Waals surface area (Å²) >= 11 is 0. The first-order valence-corrected chi connectivity index (χ1v) is 15.7. The van der Waals surface area contributed by atoms with Crippen LogP contribution in [0.4, 0.5) is 0 Å². The Morgan fingerprint density at radius 2 is 1.35 bits per heavy atom. The molecule has 1 aromatic carbocycles. The quantitative estimate of drug-likeness (QED) is 0.107. The minimum atomic E-state index is -1.52. The number of hydrogen-bond donors (Lipinski definition) is 0. The third-order valence-electron chi connectivity index (χ3n) is 6.98. The minimum Gasteiger partial charge on any atom is -0.489 e. The molecule has 0 radical (unpaired) electrons. The van der Waals surface area contributed by atoms with Gasteiger partial charge in [0.15, 0.2) is 18.0 Å². The molecule has 0 N–H and O–H groups in total. The van der Waals surface area contributed by atoms with Crippen molar-refractivity contribution in [1.29, 1.82) is 0 Å². The zero-order valence-corrected chi connectivity index (χ0v) is 27.9. The van der Waals surface area contributed by atoms with Crippen LogP contribution in [0.3, 0.4) is 0 Å². The smallest absolute Gasteiger partial charge is 0.383 e. The van der Waals surface area contributed by atoms with Crippen LogP contribution < -0.4 is 19.8 Å². The summed E-state index contributed by atoms with van der Waals surface area (Å²) in [5.74, 6) is -4.13. The highest BCUT2D eigenvalue weighted by Crippen LogP contribution is 2.36. The number of esters is 5. The first-order chi connectivity index (χ1) is 22.8. The normalized spacial score (nSPS) is 20.3. The van der Waals surface area contributed by atoms with Crippen LogP contribution in [0, 0.1) is 0 Å². The Hall–Kier alpha value is -4.66. The molecule has 15 heteroatoms. The van der Waals surface area contributed by atoms with Gasteiger partial charge in [-0.25, -0.2) is 4.79 Å². The molecule has 2 aromatic rings. The predicted molar refractivity (Wildman–Crippen MR) is 165 cm³/mol. The van der Waals surface area contributed by atoms with Crippen LogP contribution in [0.5, 0.6) is 17.2 Å². The number of fused-ring (bicyclic) bond motifs is 1. The number of ether oxygens (including phenoxy) is 8. The molecule has 0 spiro atoms. The van der Waals surface area contributed by atoms with E-state index >= 15 is 0 Å². The lowest BCUT2D eigenvalue weighted by Crippen LogP contribution is -2.63. The zero-order valence-electron chi connectivity index (χ0n) is 27.9. The van der Waals surface area contributed by atoms with Crippen LogP contribution in [0.1, 0.15) is 80.1 Å². The fraction of sp³-hybridized carbons (Fsp3) is 0.576. The van der Waals surface area contributed by atoms with E-state index in [0.717, 1.165) is 66.7 Å². The molecule has 264 valence electrons. The maximum absolute atomic E-state index is 12.9. The Kier molecular flexibility index (Phi) is 14.2. The lowest BCUT2D eigenvalue weighted by molar-refractivity contribution is -0.288. The fourth-order valence-electron chi connectivity index (χ4n) is 5.06. The summed E-state index contributed by atoms with van der Waals surface area (Å²) in [5.41, 5.74) is -0.975. The van der Waals surface area contributed by atoms with Crippen molar-refractivity contribution in [3.05, 3.63) is 28.6 Å². The van der Waals surface area contributed by atoms with E-state index in [9.17, 15) is 28.8 Å². The topological polar surface area (TPSA) is 189 Å². The van der Waals surface area contributed by atoms with Crippen molar-refractivity contribution in [2.24, 2.45) is 0 Å². The summed E-state index contributed by atoms with van der Waals surface area (Å²) in [6, 6.07) is 4.30. The standard InChI is InChI=1S/C33H42O15/c1-7-8-9-10-11-12-15-40-27-24-14-13-23(16-25(24)47-32(39)30(27)44-21(5)37)46-33-31(45-22(6)38)29(43-20(4)36)28(42-19(3)35)26(48-33)17-41-18(2)34/h13-14,16,26,28-29,31,33H,7-12,15,17H2,1-6H3/t26-,28-,29+,31+,33+/m1/s1. The molecule has 1 saturated heterocycles. The van der Waals surface area contributed by atoms with E-state index in [1.165, 1.54) is 18.2 Å². The molecular formula is C33H42O15. The third kappa shape index (κ3) is 11.0. The third-order valence-corrected chi connectivity index (χ3v) is 6.98. The lowest BCUT2D eigenvalue weighted by atomic mass is 9.98. The van der Waals surface area contributed by atoms with Gasteiger partial charge in [0.25, 0.3) is 5.75 Å². The molecule has 48 heavy (non-hydrogen) atoms. The fourth-order valence-corrected chi connectivity index (χ4v) is 5.06. The molecule has 1 aliphatic rings. The molecule has 0 aliphatic carbocycles. The van der Waals surface area contributed by atoms with Gasteiger partial charge in [0.2, 0.25) is 12.4 Å². The number of unbranched alkanes of at least 4 members (excludes halogenated alkanes) is 5. The second-order valence-electron chi connectivity index (χ2n) is 11.1. The Morgan fingerprint density at radius 3 is 1.98 bits per heavy atom. The Balaban J connectivity index is 1.99. The van der Waals surface area contributed by atoms with Crippen LogP contribution >= 0.6 is 0 Å². The van der Waals surface area contributed by atoms with Gasteiger partial charge >= 0.3 is 35.5 Å². The molecule has 0 saturated carbocycles. The Morgan fingerprint density at radius 1 is 0.729 bits per heavy atom. The number of carbonyl (C=O) groups excluding carboxylic acids is 5. The average molecular weight is 679 g/mol. The molecule has 15 nitrogen and oxygen atoms in total. The molecular weight excluding hydrogens is 636 g/mol. The monoisotopic (exact) mass is 678 g/mol. The van der Waals surface area contributed by atoms with Gasteiger partial charge < -0.3 is 42.3 Å². The summed E-state index contributed by atoms with van der Waals surface area (Å²) in [4.78, 5) is 72.6. The molecule has 3 rings (SSSR count). The van der Waals surface area contributed by atoms with Gasteiger partial charge in [-0.1, -0.05) is 39.0 Å². The van der Waals surface area contributed by atoms with Crippen molar-refractivity contribution < 1.29 is 66.3 Å². The van der Waals surface area contributed by atoms with Gasteiger partial charge in [0.05, 0.1) is 12.0 Å². The number of benzene rings is 1. The highest BCUT2D eigenvalue weighted by atomic mass is 16.7. The summed E-state index contributed by atoms with van der Waals surface area (Å²) in [7, 11) is 0. The SMILES string of the molecule is CCCCCCCCOc1c(OC(C)=O)c(=O)oc2cc(O[C@H]3O[C@H](COC(C)=O)[C@@H](OC(C)=O)[C@H](OC(C)=O)[C@@H]3OC(C)=O)ccc12. The summed E-state index contributed by atoms with van der Waals surface area (Å²) < 4.78 is 49.9. The largest absolute Gasteiger partial charge is 0.489 e. The van der Waals surface area contributed by atoms with Gasteiger partial charge in [0, 0.05) is 40.7 Å². The minimum absolute atomic E-state index is 0.00279. The molecule has 5 atom stereocenters. The van der Waals surface area contributed by atoms with E-state index in [1.807, 2.05) is 0 Å². The first-order valence-electron chi connectivity index (χ1n) is 15.7. The zero-order chi connectivity index (χ0) is 35.4. The maximum atomic E-state index is 12.9. The van der Waals surface area contributed by atoms with Crippen LogP contribution in [0.2, 0.25) is 0 Å². The first kappa shape index (κ1) is 37.8. The molecule has 1 aliphatic heterocycles. The van der Waals surface area contributed by atoms with Gasteiger partial charge in [-0.3, -0.25) is 24.0 Å². The van der Waals surface area contributed by atoms with Crippen LogP contribution in [-0.2, 0) is 47.7 Å². The lowest BCUT2D eigenvalue weighted by Gasteiger charge is -2.43. The van der Waals surface area contributed by atoms with E-state index in [0.29, 0.717) is 11.8 Å². The average Bonchev–Trinajstić information content (AvgIpc) is 2.99. The van der Waals surface area contributed by atoms with Crippen LogP contribution in [0.15, 0.2) is 27.4 Å². The molecule has 1 aromatic heterocycles. The van der Waals surface area contributed by atoms with Gasteiger partial charge in [-0.05, 0) is 18.6 Å². The Bertz CT molecular complexity index is 1510. The number of hydrogen-bond acceptors (Lipinski definition) is 15. The van der Waals surface area contributed by atoms with Gasteiger partial charge in [0.1, 0.15) is 24.0 Å². The van der Waals surface area contributed by atoms with Crippen molar-refractivity contribution in [3.63, 3.8) is 0 Å². The summed E-state index contributed by atoms with van der Waals surface area (Å²) in [6.45, 7) is 7.56. The highest BCUT2D eigenvalue weighted by molar-refractivity contribution is 5.87. The Labute approximate surface area is 277 Å². The molecule has 1 fully saturated rings. The van der Waals surface area contributed by atoms with Crippen molar-refractivity contribution in [2.75, 3.05) is 13.2 Å².